The third-order valence-electron chi connectivity index (χ3n) is 3.77. The van der Waals surface area contributed by atoms with Gasteiger partial charge in [-0.05, 0) is 25.0 Å². The molecule has 1 aromatic rings. The summed E-state index contributed by atoms with van der Waals surface area (Å²) in [6, 6.07) is 3.79. The predicted molar refractivity (Wildman–Crippen MR) is 59.3 cm³/mol. The van der Waals surface area contributed by atoms with Crippen molar-refractivity contribution in [2.75, 3.05) is 14.2 Å². The van der Waals surface area contributed by atoms with Gasteiger partial charge in [-0.15, -0.1) is 0 Å². The number of methoxy groups -OCH3 is 2. The molecular formula is C13H14O3. The number of ketones is 1. The van der Waals surface area contributed by atoms with Crippen LogP contribution in [-0.4, -0.2) is 20.0 Å². The summed E-state index contributed by atoms with van der Waals surface area (Å²) in [4.78, 5) is 12.0. The summed E-state index contributed by atoms with van der Waals surface area (Å²) in [7, 11) is 3.30. The van der Waals surface area contributed by atoms with E-state index in [0.717, 1.165) is 35.5 Å². The molecule has 1 aromatic carbocycles. The Morgan fingerprint density at radius 1 is 1.00 bits per heavy atom. The number of carbonyl (C=O) groups excluding carboxylic acids is 1. The third-order valence-corrected chi connectivity index (χ3v) is 3.77. The fourth-order valence-corrected chi connectivity index (χ4v) is 3.11. The summed E-state index contributed by atoms with van der Waals surface area (Å²) >= 11 is 0. The molecule has 0 aliphatic heterocycles. The van der Waals surface area contributed by atoms with Crippen LogP contribution in [0.15, 0.2) is 12.1 Å². The highest BCUT2D eigenvalue weighted by molar-refractivity contribution is 6.00. The normalized spacial score (nSPS) is 25.8. The van der Waals surface area contributed by atoms with Crippen LogP contribution in [0.5, 0.6) is 11.5 Å². The van der Waals surface area contributed by atoms with Crippen LogP contribution in [0.3, 0.4) is 0 Å². The molecular weight excluding hydrogens is 204 g/mol. The maximum Gasteiger partial charge on any atom is 0.148 e. The van der Waals surface area contributed by atoms with Crippen LogP contribution in [0.2, 0.25) is 0 Å². The van der Waals surface area contributed by atoms with Crippen LogP contribution in [0.4, 0.5) is 0 Å². The Kier molecular flexibility index (Phi) is 1.96. The number of rotatable bonds is 2. The lowest BCUT2D eigenvalue weighted by molar-refractivity contribution is -0.119. The molecule has 0 aromatic heterocycles. The number of hydrogen-bond acceptors (Lipinski definition) is 3. The molecule has 2 bridgehead atoms. The van der Waals surface area contributed by atoms with Gasteiger partial charge in [0.05, 0.1) is 14.2 Å². The van der Waals surface area contributed by atoms with Crippen molar-refractivity contribution >= 4 is 5.78 Å². The quantitative estimate of drug-likeness (QED) is 0.763. The predicted octanol–water partition coefficient (Wildman–Crippen LogP) is 2.25. The van der Waals surface area contributed by atoms with Gasteiger partial charge in [0.1, 0.15) is 17.3 Å². The van der Waals surface area contributed by atoms with E-state index in [2.05, 4.69) is 0 Å². The third kappa shape index (κ3) is 1.01. The first kappa shape index (κ1) is 9.70. The Morgan fingerprint density at radius 3 is 1.81 bits per heavy atom. The van der Waals surface area contributed by atoms with E-state index >= 15 is 0 Å². The molecule has 1 saturated carbocycles. The topological polar surface area (TPSA) is 35.5 Å². The van der Waals surface area contributed by atoms with Crippen molar-refractivity contribution in [1.82, 2.24) is 0 Å². The highest BCUT2D eigenvalue weighted by Crippen LogP contribution is 2.56. The van der Waals surface area contributed by atoms with Gasteiger partial charge in [0.25, 0.3) is 0 Å². The van der Waals surface area contributed by atoms with E-state index in [1.54, 1.807) is 14.2 Å². The van der Waals surface area contributed by atoms with E-state index < -0.39 is 0 Å². The SMILES string of the molecule is COc1ccc(OC)c2c1[C@H]1CC[C@H]2C1=O. The molecule has 0 N–H and O–H groups in total. The van der Waals surface area contributed by atoms with Gasteiger partial charge >= 0.3 is 0 Å². The minimum atomic E-state index is 0.0463. The molecule has 84 valence electrons. The van der Waals surface area contributed by atoms with Crippen molar-refractivity contribution in [3.63, 3.8) is 0 Å². The molecule has 0 spiro atoms. The number of hydrogen-bond donors (Lipinski definition) is 0. The second-order valence-electron chi connectivity index (χ2n) is 4.38. The molecule has 2 aliphatic carbocycles. The number of fused-ring (bicyclic) bond motifs is 5. The molecule has 2 aliphatic rings. The summed E-state index contributed by atoms with van der Waals surface area (Å²) in [5.41, 5.74) is 2.14. The molecule has 1 fully saturated rings. The van der Waals surface area contributed by atoms with Crippen LogP contribution in [-0.2, 0) is 4.79 Å². The van der Waals surface area contributed by atoms with Crippen molar-refractivity contribution in [1.29, 1.82) is 0 Å². The van der Waals surface area contributed by atoms with Crippen LogP contribution >= 0.6 is 0 Å². The summed E-state index contributed by atoms with van der Waals surface area (Å²) in [5.74, 6) is 2.10. The van der Waals surface area contributed by atoms with Gasteiger partial charge in [0, 0.05) is 23.0 Å². The number of Topliss-reactive ketones (excluding diaryl/α,β-unsaturated/α-hetero) is 1. The molecule has 0 heterocycles. The van der Waals surface area contributed by atoms with Crippen molar-refractivity contribution < 1.29 is 14.3 Å². The first-order chi connectivity index (χ1) is 7.77. The van der Waals surface area contributed by atoms with Crippen molar-refractivity contribution in [2.24, 2.45) is 0 Å². The van der Waals surface area contributed by atoms with Crippen LogP contribution in [0.1, 0.15) is 35.8 Å². The summed E-state index contributed by atoms with van der Waals surface area (Å²) in [6.45, 7) is 0. The Labute approximate surface area is 94.4 Å². The van der Waals surface area contributed by atoms with Gasteiger partial charge in [-0.1, -0.05) is 0 Å². The molecule has 0 amide bonds. The largest absolute Gasteiger partial charge is 0.496 e. The molecule has 0 unspecified atom stereocenters. The lowest BCUT2D eigenvalue weighted by atomic mass is 9.90. The molecule has 3 heteroatoms. The second kappa shape index (κ2) is 3.24. The highest BCUT2D eigenvalue weighted by atomic mass is 16.5. The molecule has 3 rings (SSSR count). The van der Waals surface area contributed by atoms with Crippen molar-refractivity contribution in [3.05, 3.63) is 23.3 Å². The standard InChI is InChI=1S/C13H14O3/c1-15-9-5-6-10(16-2)12-8-4-3-7(11(9)12)13(8)14/h5-8H,3-4H2,1-2H3/t7-,8-/m1/s1. The first-order valence-corrected chi connectivity index (χ1v) is 5.56. The summed E-state index contributed by atoms with van der Waals surface area (Å²) in [5, 5.41) is 0. The average molecular weight is 218 g/mol. The zero-order valence-corrected chi connectivity index (χ0v) is 9.45. The number of ether oxygens (including phenoxy) is 2. The Hall–Kier alpha value is -1.51. The van der Waals surface area contributed by atoms with Crippen LogP contribution in [0.25, 0.3) is 0 Å². The molecule has 2 atom stereocenters. The minimum absolute atomic E-state index is 0.0463. The van der Waals surface area contributed by atoms with Gasteiger partial charge in [0.15, 0.2) is 0 Å². The zero-order chi connectivity index (χ0) is 11.3. The summed E-state index contributed by atoms with van der Waals surface area (Å²) in [6.07, 6.45) is 1.92. The van der Waals surface area contributed by atoms with Gasteiger partial charge in [-0.3, -0.25) is 4.79 Å². The molecule has 16 heavy (non-hydrogen) atoms. The van der Waals surface area contributed by atoms with E-state index in [1.165, 1.54) is 0 Å². The summed E-state index contributed by atoms with van der Waals surface area (Å²) < 4.78 is 10.7. The Balaban J connectivity index is 2.26. The van der Waals surface area contributed by atoms with Gasteiger partial charge in [-0.2, -0.15) is 0 Å². The van der Waals surface area contributed by atoms with E-state index in [-0.39, 0.29) is 11.8 Å². The lowest BCUT2D eigenvalue weighted by Gasteiger charge is -2.19. The van der Waals surface area contributed by atoms with Crippen LogP contribution < -0.4 is 9.47 Å². The van der Waals surface area contributed by atoms with Gasteiger partial charge in [0.2, 0.25) is 0 Å². The average Bonchev–Trinajstić information content (AvgIpc) is 2.82. The molecule has 3 nitrogen and oxygen atoms in total. The van der Waals surface area contributed by atoms with E-state index in [1.807, 2.05) is 12.1 Å². The number of benzene rings is 1. The fraction of sp³-hybridized carbons (Fsp3) is 0.462. The minimum Gasteiger partial charge on any atom is -0.496 e. The first-order valence-electron chi connectivity index (χ1n) is 5.56. The highest BCUT2D eigenvalue weighted by Gasteiger charge is 2.48. The molecule has 0 radical (unpaired) electrons. The van der Waals surface area contributed by atoms with E-state index in [9.17, 15) is 4.79 Å². The Bertz CT molecular complexity index is 423. The number of carbonyl (C=O) groups is 1. The fourth-order valence-electron chi connectivity index (χ4n) is 3.11. The molecule has 0 saturated heterocycles. The maximum absolute atomic E-state index is 12.0. The Morgan fingerprint density at radius 2 is 1.44 bits per heavy atom. The van der Waals surface area contributed by atoms with E-state index in [4.69, 9.17) is 9.47 Å². The van der Waals surface area contributed by atoms with Gasteiger partial charge in [-0.25, -0.2) is 0 Å². The maximum atomic E-state index is 12.0. The van der Waals surface area contributed by atoms with Crippen molar-refractivity contribution in [2.45, 2.75) is 24.7 Å². The van der Waals surface area contributed by atoms with E-state index in [0.29, 0.717) is 5.78 Å². The van der Waals surface area contributed by atoms with Crippen molar-refractivity contribution in [3.8, 4) is 11.5 Å². The van der Waals surface area contributed by atoms with Gasteiger partial charge < -0.3 is 9.47 Å². The monoisotopic (exact) mass is 218 g/mol. The smallest absolute Gasteiger partial charge is 0.148 e. The lowest BCUT2D eigenvalue weighted by Crippen LogP contribution is -2.03. The van der Waals surface area contributed by atoms with Crippen LogP contribution in [0, 0.1) is 0 Å². The second-order valence-corrected chi connectivity index (χ2v) is 4.38. The zero-order valence-electron chi connectivity index (χ0n) is 9.45.